The minimum absolute atomic E-state index is 0.0986. The number of hydrogen-bond acceptors (Lipinski definition) is 4. The van der Waals surface area contributed by atoms with Gasteiger partial charge in [0.15, 0.2) is 0 Å². The van der Waals surface area contributed by atoms with Gasteiger partial charge in [-0.2, -0.15) is 0 Å². The van der Waals surface area contributed by atoms with E-state index in [4.69, 9.17) is 10.8 Å². The number of phenolic OH excluding ortho intramolecular Hbond substituents is 1. The van der Waals surface area contributed by atoms with Gasteiger partial charge in [0.2, 0.25) is 0 Å². The van der Waals surface area contributed by atoms with Crippen molar-refractivity contribution < 1.29 is 15.0 Å². The number of carbonyl (C=O) groups is 1. The van der Waals surface area contributed by atoms with Crippen molar-refractivity contribution >= 4 is 17.3 Å². The van der Waals surface area contributed by atoms with Crippen molar-refractivity contribution in [2.75, 3.05) is 23.8 Å². The number of para-hydroxylation sites is 3. The van der Waals surface area contributed by atoms with E-state index in [9.17, 15) is 9.90 Å². The SMILES string of the molecule is Nc1ccccc1N(CCO)C(=O)c1ccccc1O. The third-order valence-corrected chi connectivity index (χ3v) is 2.93. The highest BCUT2D eigenvalue weighted by atomic mass is 16.3. The molecule has 0 atom stereocenters. The Hall–Kier alpha value is -2.53. The fourth-order valence-corrected chi connectivity index (χ4v) is 1.96. The molecule has 2 rings (SSSR count). The molecule has 0 bridgehead atoms. The number of nitrogens with zero attached hydrogens (tertiary/aromatic N) is 1. The molecular formula is C15H16N2O3. The molecule has 2 aromatic rings. The summed E-state index contributed by atoms with van der Waals surface area (Å²) in [6, 6.07) is 13.2. The second kappa shape index (κ2) is 6.08. The molecule has 2 aromatic carbocycles. The zero-order chi connectivity index (χ0) is 14.5. The highest BCUT2D eigenvalue weighted by Crippen LogP contribution is 2.26. The second-order valence-electron chi connectivity index (χ2n) is 4.26. The van der Waals surface area contributed by atoms with E-state index in [0.29, 0.717) is 11.4 Å². The van der Waals surface area contributed by atoms with Crippen LogP contribution in [0.4, 0.5) is 11.4 Å². The van der Waals surface area contributed by atoms with E-state index in [-0.39, 0.29) is 24.5 Å². The smallest absolute Gasteiger partial charge is 0.262 e. The standard InChI is InChI=1S/C15H16N2O3/c16-12-6-2-3-7-13(12)17(9-10-18)15(20)11-5-1-4-8-14(11)19/h1-8,18-19H,9-10,16H2. The summed E-state index contributed by atoms with van der Waals surface area (Å²) < 4.78 is 0. The van der Waals surface area contributed by atoms with Gasteiger partial charge in [0.05, 0.1) is 23.5 Å². The lowest BCUT2D eigenvalue weighted by molar-refractivity contribution is 0.0978. The molecule has 0 aliphatic rings. The number of phenols is 1. The average Bonchev–Trinajstić information content (AvgIpc) is 2.46. The topological polar surface area (TPSA) is 86.8 Å². The van der Waals surface area contributed by atoms with Crippen LogP contribution in [0.5, 0.6) is 5.75 Å². The van der Waals surface area contributed by atoms with Gasteiger partial charge in [-0.1, -0.05) is 24.3 Å². The lowest BCUT2D eigenvalue weighted by Crippen LogP contribution is -2.34. The van der Waals surface area contributed by atoms with Gasteiger partial charge >= 0.3 is 0 Å². The highest BCUT2D eigenvalue weighted by molar-refractivity contribution is 6.09. The number of nitrogen functional groups attached to an aromatic ring is 1. The molecule has 4 N–H and O–H groups in total. The summed E-state index contributed by atoms with van der Waals surface area (Å²) in [7, 11) is 0. The quantitative estimate of drug-likeness (QED) is 0.738. The van der Waals surface area contributed by atoms with Crippen LogP contribution in [0.15, 0.2) is 48.5 Å². The zero-order valence-electron chi connectivity index (χ0n) is 10.9. The molecule has 0 aliphatic carbocycles. The number of benzene rings is 2. The molecule has 0 radical (unpaired) electrons. The first kappa shape index (κ1) is 13.9. The van der Waals surface area contributed by atoms with E-state index in [1.165, 1.54) is 17.0 Å². The molecule has 5 heteroatoms. The molecule has 0 fully saturated rings. The molecule has 0 spiro atoms. The maximum absolute atomic E-state index is 12.5. The lowest BCUT2D eigenvalue weighted by Gasteiger charge is -2.23. The normalized spacial score (nSPS) is 10.2. The number of hydrogen-bond donors (Lipinski definition) is 3. The Bertz CT molecular complexity index is 614. The summed E-state index contributed by atoms with van der Waals surface area (Å²) >= 11 is 0. The van der Waals surface area contributed by atoms with Crippen LogP contribution in [0.1, 0.15) is 10.4 Å². The van der Waals surface area contributed by atoms with Crippen LogP contribution in [-0.2, 0) is 0 Å². The van der Waals surface area contributed by atoms with Crippen molar-refractivity contribution in [3.05, 3.63) is 54.1 Å². The number of aliphatic hydroxyl groups excluding tert-OH is 1. The Balaban J connectivity index is 2.42. The molecule has 104 valence electrons. The number of carbonyl (C=O) groups excluding carboxylic acids is 1. The Morgan fingerprint density at radius 3 is 2.40 bits per heavy atom. The molecule has 0 aliphatic heterocycles. The van der Waals surface area contributed by atoms with Crippen molar-refractivity contribution in [2.24, 2.45) is 0 Å². The van der Waals surface area contributed by atoms with Gasteiger partial charge in [-0.05, 0) is 24.3 Å². The third-order valence-electron chi connectivity index (χ3n) is 2.93. The van der Waals surface area contributed by atoms with Gasteiger partial charge in [-0.3, -0.25) is 4.79 Å². The fourth-order valence-electron chi connectivity index (χ4n) is 1.96. The Morgan fingerprint density at radius 1 is 1.10 bits per heavy atom. The van der Waals surface area contributed by atoms with E-state index >= 15 is 0 Å². The molecule has 0 saturated carbocycles. The number of anilines is 2. The number of amides is 1. The van der Waals surface area contributed by atoms with Crippen LogP contribution in [0.2, 0.25) is 0 Å². The van der Waals surface area contributed by atoms with Crippen LogP contribution in [0.3, 0.4) is 0 Å². The van der Waals surface area contributed by atoms with Crippen LogP contribution < -0.4 is 10.6 Å². The maximum Gasteiger partial charge on any atom is 0.262 e. The first-order valence-electron chi connectivity index (χ1n) is 6.20. The predicted molar refractivity (Wildman–Crippen MR) is 77.7 cm³/mol. The first-order chi connectivity index (χ1) is 9.65. The summed E-state index contributed by atoms with van der Waals surface area (Å²) in [6.45, 7) is -0.102. The third kappa shape index (κ3) is 2.73. The number of nitrogens with two attached hydrogens (primary N) is 1. The van der Waals surface area contributed by atoms with Crippen molar-refractivity contribution in [1.29, 1.82) is 0 Å². The summed E-state index contributed by atoms with van der Waals surface area (Å²) in [5.74, 6) is -0.509. The Labute approximate surface area is 116 Å². The van der Waals surface area contributed by atoms with Crippen molar-refractivity contribution in [3.63, 3.8) is 0 Å². The molecule has 20 heavy (non-hydrogen) atoms. The molecule has 0 saturated heterocycles. The minimum Gasteiger partial charge on any atom is -0.507 e. The number of rotatable bonds is 4. The zero-order valence-corrected chi connectivity index (χ0v) is 10.9. The summed E-state index contributed by atoms with van der Waals surface area (Å²) in [5.41, 5.74) is 6.98. The molecule has 0 unspecified atom stereocenters. The monoisotopic (exact) mass is 272 g/mol. The average molecular weight is 272 g/mol. The fraction of sp³-hybridized carbons (Fsp3) is 0.133. The van der Waals surface area contributed by atoms with E-state index in [1.54, 1.807) is 36.4 Å². The molecule has 1 amide bonds. The lowest BCUT2D eigenvalue weighted by atomic mass is 10.1. The van der Waals surface area contributed by atoms with Crippen molar-refractivity contribution in [1.82, 2.24) is 0 Å². The predicted octanol–water partition coefficient (Wildman–Crippen LogP) is 1.61. The number of aliphatic hydroxyl groups is 1. The Kier molecular flexibility index (Phi) is 4.22. The van der Waals surface area contributed by atoms with Gasteiger partial charge in [0.25, 0.3) is 5.91 Å². The van der Waals surface area contributed by atoms with Gasteiger partial charge in [-0.15, -0.1) is 0 Å². The van der Waals surface area contributed by atoms with Crippen LogP contribution >= 0.6 is 0 Å². The summed E-state index contributed by atoms with van der Waals surface area (Å²) in [5, 5.41) is 18.9. The van der Waals surface area contributed by atoms with Crippen LogP contribution in [-0.4, -0.2) is 29.3 Å². The van der Waals surface area contributed by atoms with E-state index in [0.717, 1.165) is 0 Å². The maximum atomic E-state index is 12.5. The minimum atomic E-state index is -0.407. The van der Waals surface area contributed by atoms with Gasteiger partial charge in [0.1, 0.15) is 5.75 Å². The first-order valence-corrected chi connectivity index (χ1v) is 6.20. The Morgan fingerprint density at radius 2 is 1.75 bits per heavy atom. The van der Waals surface area contributed by atoms with Gasteiger partial charge < -0.3 is 20.8 Å². The molecule has 5 nitrogen and oxygen atoms in total. The molecule has 0 aromatic heterocycles. The summed E-state index contributed by atoms with van der Waals surface area (Å²) in [4.78, 5) is 13.9. The van der Waals surface area contributed by atoms with Crippen LogP contribution in [0.25, 0.3) is 0 Å². The van der Waals surface area contributed by atoms with Gasteiger partial charge in [-0.25, -0.2) is 0 Å². The number of aromatic hydroxyl groups is 1. The highest BCUT2D eigenvalue weighted by Gasteiger charge is 2.21. The van der Waals surface area contributed by atoms with E-state index in [1.807, 2.05) is 0 Å². The summed E-state index contributed by atoms with van der Waals surface area (Å²) in [6.07, 6.45) is 0. The van der Waals surface area contributed by atoms with Gasteiger partial charge in [0, 0.05) is 6.54 Å². The molecular weight excluding hydrogens is 256 g/mol. The van der Waals surface area contributed by atoms with Crippen molar-refractivity contribution in [3.8, 4) is 5.75 Å². The van der Waals surface area contributed by atoms with Crippen LogP contribution in [0, 0.1) is 0 Å². The second-order valence-corrected chi connectivity index (χ2v) is 4.26. The van der Waals surface area contributed by atoms with E-state index < -0.39 is 5.91 Å². The molecule has 0 heterocycles. The van der Waals surface area contributed by atoms with Crippen molar-refractivity contribution in [2.45, 2.75) is 0 Å². The van der Waals surface area contributed by atoms with E-state index in [2.05, 4.69) is 0 Å². The largest absolute Gasteiger partial charge is 0.507 e.